The molecule has 170 valence electrons. The quantitative estimate of drug-likeness (QED) is 0.610. The second-order valence-corrected chi connectivity index (χ2v) is 10.9. The number of nitrogens with zero attached hydrogens (tertiary/aromatic N) is 1. The van der Waals surface area contributed by atoms with Crippen LogP contribution in [-0.4, -0.2) is 66.3 Å². The Morgan fingerprint density at radius 2 is 1.80 bits per heavy atom. The van der Waals surface area contributed by atoms with Gasteiger partial charge in [0.25, 0.3) is 5.91 Å². The zero-order chi connectivity index (χ0) is 22.5. The second-order valence-electron chi connectivity index (χ2n) is 8.46. The van der Waals surface area contributed by atoms with Crippen LogP contribution in [0.3, 0.4) is 0 Å². The minimum absolute atomic E-state index is 0.308. The molecule has 3 atom stereocenters. The number of likely N-dealkylation sites (N-methyl/N-ethyl adjacent to an activating group) is 1. The van der Waals surface area contributed by atoms with Gasteiger partial charge < -0.3 is 15.4 Å². The maximum Gasteiger partial charge on any atom is 0.407 e. The molecule has 10 heteroatoms. The summed E-state index contributed by atoms with van der Waals surface area (Å²) >= 11 is 3.66. The largest absolute Gasteiger partial charge is 0.444 e. The Labute approximate surface area is 187 Å². The molecular weight excluding hydrogens is 426 g/mol. The highest BCUT2D eigenvalue weighted by Gasteiger charge is 2.43. The van der Waals surface area contributed by atoms with E-state index in [9.17, 15) is 14.4 Å². The zero-order valence-electron chi connectivity index (χ0n) is 18.6. The van der Waals surface area contributed by atoms with Crippen molar-refractivity contribution in [3.05, 3.63) is 9.81 Å². The van der Waals surface area contributed by atoms with E-state index < -0.39 is 17.7 Å². The molecule has 1 aliphatic carbocycles. The van der Waals surface area contributed by atoms with E-state index in [1.807, 2.05) is 23.5 Å². The summed E-state index contributed by atoms with van der Waals surface area (Å²) in [5.41, 5.74) is 0.594. The number of carbonyl (C=O) groups is 3. The lowest BCUT2D eigenvalue weighted by molar-refractivity contribution is -0.173. The number of thioether (sulfide) groups is 2. The van der Waals surface area contributed by atoms with E-state index in [0.29, 0.717) is 12.8 Å². The molecule has 1 aliphatic heterocycles. The standard InChI is InChI=1S/C20H33N3O5S2/c1-12(24)21-16(17(25)23(5)27-6)14-10-13(18-29-8-7-9-30-18)11-15(14)22-19(26)28-20(2,3)4/h14-16H,7-11H2,1-6H3,(H,21,24)(H,22,26)/t14-,15-,16?/m0/s1. The average molecular weight is 460 g/mol. The minimum Gasteiger partial charge on any atom is -0.444 e. The van der Waals surface area contributed by atoms with E-state index in [0.717, 1.165) is 16.6 Å². The first-order chi connectivity index (χ1) is 14.0. The predicted molar refractivity (Wildman–Crippen MR) is 120 cm³/mol. The predicted octanol–water partition coefficient (Wildman–Crippen LogP) is 2.90. The first-order valence-electron chi connectivity index (χ1n) is 10.1. The summed E-state index contributed by atoms with van der Waals surface area (Å²) in [7, 11) is 2.91. The molecule has 1 unspecified atom stereocenters. The van der Waals surface area contributed by atoms with Crippen molar-refractivity contribution in [2.75, 3.05) is 25.7 Å². The van der Waals surface area contributed by atoms with Gasteiger partial charge in [0.05, 0.1) is 7.11 Å². The van der Waals surface area contributed by atoms with Gasteiger partial charge in [-0.15, -0.1) is 23.5 Å². The number of hydrogen-bond donors (Lipinski definition) is 2. The fourth-order valence-electron chi connectivity index (χ4n) is 3.55. The molecular formula is C20H33N3O5S2. The van der Waals surface area contributed by atoms with Crippen LogP contribution >= 0.6 is 23.5 Å². The Hall–Kier alpha value is -1.39. The summed E-state index contributed by atoms with van der Waals surface area (Å²) < 4.78 is 6.71. The highest BCUT2D eigenvalue weighted by atomic mass is 32.2. The zero-order valence-corrected chi connectivity index (χ0v) is 20.2. The third-order valence-electron chi connectivity index (χ3n) is 4.85. The van der Waals surface area contributed by atoms with Crippen LogP contribution in [0.1, 0.15) is 47.0 Å². The van der Waals surface area contributed by atoms with Crippen LogP contribution in [0.4, 0.5) is 4.79 Å². The van der Waals surface area contributed by atoms with Gasteiger partial charge in [0, 0.05) is 30.2 Å². The molecule has 30 heavy (non-hydrogen) atoms. The number of hydrogen-bond acceptors (Lipinski definition) is 7. The second kappa shape index (κ2) is 10.8. The topological polar surface area (TPSA) is 97.0 Å². The Morgan fingerprint density at radius 1 is 1.17 bits per heavy atom. The maximum atomic E-state index is 13.0. The van der Waals surface area contributed by atoms with Crippen LogP contribution < -0.4 is 10.6 Å². The van der Waals surface area contributed by atoms with Gasteiger partial charge in [-0.1, -0.05) is 0 Å². The van der Waals surface area contributed by atoms with Crippen LogP contribution in [0.15, 0.2) is 9.81 Å². The van der Waals surface area contributed by atoms with Crippen molar-refractivity contribution in [2.45, 2.75) is 64.6 Å². The van der Waals surface area contributed by atoms with Gasteiger partial charge in [0.1, 0.15) is 11.6 Å². The normalized spacial score (nSPS) is 23.0. The smallest absolute Gasteiger partial charge is 0.407 e. The molecule has 1 saturated carbocycles. The summed E-state index contributed by atoms with van der Waals surface area (Å²) in [6.45, 7) is 6.79. The van der Waals surface area contributed by atoms with Crippen molar-refractivity contribution in [3.8, 4) is 0 Å². The van der Waals surface area contributed by atoms with E-state index in [4.69, 9.17) is 9.57 Å². The molecule has 1 heterocycles. The first kappa shape index (κ1) is 24.9. The van der Waals surface area contributed by atoms with E-state index in [-0.39, 0.29) is 23.8 Å². The Kier molecular flexibility index (Phi) is 8.93. The van der Waals surface area contributed by atoms with Crippen molar-refractivity contribution in [3.63, 3.8) is 0 Å². The van der Waals surface area contributed by atoms with E-state index >= 15 is 0 Å². The number of carbonyl (C=O) groups excluding carboxylic acids is 3. The van der Waals surface area contributed by atoms with Gasteiger partial charge >= 0.3 is 6.09 Å². The van der Waals surface area contributed by atoms with E-state index in [1.165, 1.54) is 37.3 Å². The summed E-state index contributed by atoms with van der Waals surface area (Å²) in [4.78, 5) is 42.4. The van der Waals surface area contributed by atoms with Crippen molar-refractivity contribution >= 4 is 41.4 Å². The Morgan fingerprint density at radius 3 is 2.33 bits per heavy atom. The van der Waals surface area contributed by atoms with Gasteiger partial charge in [0.15, 0.2) is 0 Å². The maximum absolute atomic E-state index is 13.0. The third kappa shape index (κ3) is 7.09. The van der Waals surface area contributed by atoms with Gasteiger partial charge in [-0.2, -0.15) is 0 Å². The Bertz CT molecular complexity index is 684. The SMILES string of the molecule is CON(C)C(=O)C(NC(C)=O)[C@H]1CC(=C2SCCCS2)C[C@@H]1NC(=O)OC(C)(C)C. The number of rotatable bonds is 5. The molecule has 3 amide bonds. The minimum atomic E-state index is -0.816. The van der Waals surface area contributed by atoms with Crippen molar-refractivity contribution in [2.24, 2.45) is 5.92 Å². The number of alkyl carbamates (subject to hydrolysis) is 1. The molecule has 0 aromatic carbocycles. The number of ether oxygens (including phenoxy) is 1. The molecule has 0 aromatic rings. The molecule has 2 rings (SSSR count). The lowest BCUT2D eigenvalue weighted by Gasteiger charge is -2.31. The van der Waals surface area contributed by atoms with Crippen LogP contribution in [-0.2, 0) is 19.2 Å². The molecule has 0 aromatic heterocycles. The molecule has 2 N–H and O–H groups in total. The lowest BCUT2D eigenvalue weighted by Crippen LogP contribution is -2.55. The van der Waals surface area contributed by atoms with Crippen LogP contribution in [0.2, 0.25) is 0 Å². The fourth-order valence-corrected chi connectivity index (χ4v) is 6.26. The number of hydroxylamine groups is 2. The number of nitrogens with one attached hydrogen (secondary N) is 2. The average Bonchev–Trinajstić information content (AvgIpc) is 3.07. The summed E-state index contributed by atoms with van der Waals surface area (Å²) in [6, 6.07) is -1.15. The Balaban J connectivity index is 2.31. The van der Waals surface area contributed by atoms with Crippen molar-refractivity contribution < 1.29 is 24.0 Å². The van der Waals surface area contributed by atoms with E-state index in [1.54, 1.807) is 20.8 Å². The van der Waals surface area contributed by atoms with Gasteiger partial charge in [0.2, 0.25) is 5.91 Å². The highest BCUT2D eigenvalue weighted by Crippen LogP contribution is 2.45. The van der Waals surface area contributed by atoms with Crippen molar-refractivity contribution in [1.82, 2.24) is 15.7 Å². The van der Waals surface area contributed by atoms with Gasteiger partial charge in [-0.25, -0.2) is 9.86 Å². The van der Waals surface area contributed by atoms with Crippen LogP contribution in [0, 0.1) is 5.92 Å². The molecule has 2 aliphatic rings. The van der Waals surface area contributed by atoms with Crippen LogP contribution in [0.25, 0.3) is 0 Å². The summed E-state index contributed by atoms with van der Waals surface area (Å²) in [6.07, 6.45) is 1.88. The summed E-state index contributed by atoms with van der Waals surface area (Å²) in [5.74, 6) is 1.17. The lowest BCUT2D eigenvalue weighted by atomic mass is 9.93. The first-order valence-corrected chi connectivity index (χ1v) is 12.0. The molecule has 2 fully saturated rings. The third-order valence-corrected chi connectivity index (χ3v) is 7.64. The van der Waals surface area contributed by atoms with E-state index in [2.05, 4.69) is 10.6 Å². The molecule has 0 bridgehead atoms. The highest BCUT2D eigenvalue weighted by molar-refractivity contribution is 8.22. The molecule has 8 nitrogen and oxygen atoms in total. The fraction of sp³-hybridized carbons (Fsp3) is 0.750. The monoisotopic (exact) mass is 459 g/mol. The van der Waals surface area contributed by atoms with Gasteiger partial charge in [-0.05, 0) is 57.1 Å². The molecule has 0 spiro atoms. The number of amides is 3. The van der Waals surface area contributed by atoms with Crippen LogP contribution in [0.5, 0.6) is 0 Å². The van der Waals surface area contributed by atoms with Gasteiger partial charge in [-0.3, -0.25) is 14.4 Å². The van der Waals surface area contributed by atoms with Crippen molar-refractivity contribution in [1.29, 1.82) is 0 Å². The molecule has 0 radical (unpaired) electrons. The molecule has 1 saturated heterocycles. The summed E-state index contributed by atoms with van der Waals surface area (Å²) in [5, 5.41) is 6.83.